The van der Waals surface area contributed by atoms with Gasteiger partial charge in [0.2, 0.25) is 5.91 Å². The fourth-order valence-electron chi connectivity index (χ4n) is 3.54. The van der Waals surface area contributed by atoms with Crippen molar-refractivity contribution in [2.75, 3.05) is 24.6 Å². The second kappa shape index (κ2) is 11.6. The van der Waals surface area contributed by atoms with Crippen molar-refractivity contribution in [2.24, 2.45) is 0 Å². The maximum Gasteiger partial charge on any atom is 0.264 e. The molecule has 34 heavy (non-hydrogen) atoms. The first-order chi connectivity index (χ1) is 16.4. The van der Waals surface area contributed by atoms with Gasteiger partial charge < -0.3 is 14.8 Å². The van der Waals surface area contributed by atoms with Gasteiger partial charge in [-0.15, -0.1) is 0 Å². The lowest BCUT2D eigenvalue weighted by Crippen LogP contribution is -2.42. The summed E-state index contributed by atoms with van der Waals surface area (Å²) >= 11 is 0. The van der Waals surface area contributed by atoms with E-state index in [2.05, 4.69) is 5.32 Å². The topological polar surface area (TPSA) is 84.9 Å². The predicted octanol–water partition coefficient (Wildman–Crippen LogP) is 4.56. The first-order valence-electron chi connectivity index (χ1n) is 11.1. The Morgan fingerprint density at radius 2 is 1.53 bits per heavy atom. The Kier molecular flexibility index (Phi) is 8.54. The van der Waals surface area contributed by atoms with Crippen LogP contribution in [0.15, 0.2) is 83.8 Å². The Labute approximate surface area is 201 Å². The van der Waals surface area contributed by atoms with Crippen LogP contribution >= 0.6 is 0 Å². The number of nitrogens with one attached hydrogen (secondary N) is 1. The molecule has 3 rings (SSSR count). The lowest BCUT2D eigenvalue weighted by Gasteiger charge is -2.26. The summed E-state index contributed by atoms with van der Waals surface area (Å²) < 4.78 is 38.8. The average molecular weight is 483 g/mol. The molecule has 1 atom stereocenters. The molecule has 0 spiro atoms. The van der Waals surface area contributed by atoms with Crippen molar-refractivity contribution in [1.29, 1.82) is 0 Å². The van der Waals surface area contributed by atoms with Crippen LogP contribution in [0.4, 0.5) is 5.69 Å². The number of benzene rings is 3. The molecule has 0 bridgehead atoms. The molecule has 3 aromatic carbocycles. The van der Waals surface area contributed by atoms with Gasteiger partial charge in [-0.3, -0.25) is 9.10 Å². The van der Waals surface area contributed by atoms with Crippen molar-refractivity contribution in [3.63, 3.8) is 0 Å². The highest BCUT2D eigenvalue weighted by Gasteiger charge is 2.28. The molecule has 1 N–H and O–H groups in total. The van der Waals surface area contributed by atoms with E-state index in [9.17, 15) is 13.2 Å². The molecule has 0 aromatic heterocycles. The molecular weight excluding hydrogens is 452 g/mol. The van der Waals surface area contributed by atoms with E-state index in [4.69, 9.17) is 9.47 Å². The molecule has 0 aliphatic carbocycles. The van der Waals surface area contributed by atoms with Gasteiger partial charge in [-0.1, -0.05) is 37.3 Å². The van der Waals surface area contributed by atoms with Gasteiger partial charge in [0.15, 0.2) is 0 Å². The van der Waals surface area contributed by atoms with E-state index < -0.39 is 15.9 Å². The molecule has 180 valence electrons. The number of nitrogens with zero attached hydrogens (tertiary/aromatic N) is 1. The number of rotatable bonds is 11. The number of sulfonamides is 1. The van der Waals surface area contributed by atoms with Crippen molar-refractivity contribution in [2.45, 2.75) is 31.2 Å². The molecule has 7 nitrogen and oxygen atoms in total. The van der Waals surface area contributed by atoms with Crippen LogP contribution in [0, 0.1) is 0 Å². The van der Waals surface area contributed by atoms with Crippen LogP contribution in [0.2, 0.25) is 0 Å². The minimum Gasteiger partial charge on any atom is -0.497 e. The van der Waals surface area contributed by atoms with Gasteiger partial charge in [-0.25, -0.2) is 8.42 Å². The second-order valence-corrected chi connectivity index (χ2v) is 9.42. The highest BCUT2D eigenvalue weighted by atomic mass is 32.2. The fourth-order valence-corrected chi connectivity index (χ4v) is 4.96. The number of anilines is 1. The molecule has 0 aliphatic heterocycles. The van der Waals surface area contributed by atoms with Crippen molar-refractivity contribution in [3.05, 3.63) is 84.4 Å². The van der Waals surface area contributed by atoms with Crippen LogP contribution in [-0.2, 0) is 14.8 Å². The molecule has 0 unspecified atom stereocenters. The number of ether oxygens (including phenoxy) is 2. The molecule has 0 saturated carbocycles. The quantitative estimate of drug-likeness (QED) is 0.433. The number of amides is 1. The van der Waals surface area contributed by atoms with Crippen molar-refractivity contribution >= 4 is 21.6 Å². The summed E-state index contributed by atoms with van der Waals surface area (Å²) in [6.45, 7) is 3.94. The van der Waals surface area contributed by atoms with E-state index in [1.807, 2.05) is 38.1 Å². The van der Waals surface area contributed by atoms with Gasteiger partial charge in [0.05, 0.1) is 30.3 Å². The Hall–Kier alpha value is -3.52. The summed E-state index contributed by atoms with van der Waals surface area (Å²) in [5, 5.41) is 2.96. The zero-order valence-electron chi connectivity index (χ0n) is 19.6. The molecule has 3 aromatic rings. The molecule has 0 aliphatic rings. The van der Waals surface area contributed by atoms with E-state index in [-0.39, 0.29) is 17.5 Å². The van der Waals surface area contributed by atoms with E-state index in [0.29, 0.717) is 24.5 Å². The summed E-state index contributed by atoms with van der Waals surface area (Å²) in [4.78, 5) is 13.1. The minimum absolute atomic E-state index is 0.0785. The maximum atomic E-state index is 13.5. The van der Waals surface area contributed by atoms with Crippen molar-refractivity contribution in [1.82, 2.24) is 5.32 Å². The van der Waals surface area contributed by atoms with Gasteiger partial charge in [0.1, 0.15) is 18.0 Å². The zero-order valence-corrected chi connectivity index (χ0v) is 20.4. The second-order valence-electron chi connectivity index (χ2n) is 7.55. The summed E-state index contributed by atoms with van der Waals surface area (Å²) in [5.41, 5.74) is 1.32. The molecule has 0 radical (unpaired) electrons. The summed E-state index contributed by atoms with van der Waals surface area (Å²) in [5.74, 6) is 0.901. The molecule has 0 fully saturated rings. The highest BCUT2D eigenvalue weighted by Crippen LogP contribution is 2.26. The lowest BCUT2D eigenvalue weighted by molar-refractivity contribution is -0.120. The number of carbonyl (C=O) groups excluding carboxylic acids is 1. The Bertz CT molecular complexity index is 1160. The number of hydrogen-bond acceptors (Lipinski definition) is 5. The third-order valence-corrected chi connectivity index (χ3v) is 7.10. The van der Waals surface area contributed by atoms with Crippen LogP contribution in [0.5, 0.6) is 11.5 Å². The smallest absolute Gasteiger partial charge is 0.264 e. The fraction of sp³-hybridized carbons (Fsp3) is 0.269. The third kappa shape index (κ3) is 6.08. The Balaban J connectivity index is 1.85. The number of hydrogen-bond donors (Lipinski definition) is 1. The van der Waals surface area contributed by atoms with Gasteiger partial charge in [-0.05, 0) is 67.4 Å². The first kappa shape index (κ1) is 25.1. The molecule has 8 heteroatoms. The lowest BCUT2D eigenvalue weighted by atomic mass is 10.0. The molecule has 1 amide bonds. The van der Waals surface area contributed by atoms with E-state index in [0.717, 1.165) is 15.6 Å². The molecular formula is C26H30N2O5S. The van der Waals surface area contributed by atoms with Crippen LogP contribution in [0.1, 0.15) is 31.9 Å². The number of carbonyl (C=O) groups is 1. The van der Waals surface area contributed by atoms with Crippen LogP contribution in [0.3, 0.4) is 0 Å². The number of para-hydroxylation sites is 1. The van der Waals surface area contributed by atoms with E-state index in [1.165, 1.54) is 12.1 Å². The van der Waals surface area contributed by atoms with Gasteiger partial charge >= 0.3 is 0 Å². The van der Waals surface area contributed by atoms with Crippen molar-refractivity contribution in [3.8, 4) is 11.5 Å². The summed E-state index contributed by atoms with van der Waals surface area (Å²) in [6, 6.07) is 22.0. The SMILES string of the molecule is CCOc1ccc(S(=O)(=O)N(CC(=O)N[C@H](CC)c2ccc(OC)cc2)c2ccccc2)cc1. The predicted molar refractivity (Wildman–Crippen MR) is 133 cm³/mol. The highest BCUT2D eigenvalue weighted by molar-refractivity contribution is 7.92. The average Bonchev–Trinajstić information content (AvgIpc) is 2.87. The molecule has 0 saturated heterocycles. The Morgan fingerprint density at radius 3 is 2.09 bits per heavy atom. The standard InChI is InChI=1S/C26H30N2O5S/c1-4-25(20-11-13-22(32-3)14-12-20)27-26(29)19-28(21-9-7-6-8-10-21)34(30,31)24-17-15-23(16-18-24)33-5-2/h6-18,25H,4-5,19H2,1-3H3,(H,27,29)/t25-/m1/s1. The normalized spacial score (nSPS) is 12.0. The minimum atomic E-state index is -4.00. The Morgan fingerprint density at radius 1 is 0.912 bits per heavy atom. The monoisotopic (exact) mass is 482 g/mol. The van der Waals surface area contributed by atoms with Crippen LogP contribution in [-0.4, -0.2) is 34.6 Å². The molecule has 0 heterocycles. The summed E-state index contributed by atoms with van der Waals surface area (Å²) in [7, 11) is -2.40. The third-order valence-electron chi connectivity index (χ3n) is 5.32. The first-order valence-corrected chi connectivity index (χ1v) is 12.6. The zero-order chi connectivity index (χ0) is 24.6. The maximum absolute atomic E-state index is 13.5. The van der Waals surface area contributed by atoms with Gasteiger partial charge in [-0.2, -0.15) is 0 Å². The van der Waals surface area contributed by atoms with Crippen LogP contribution < -0.4 is 19.1 Å². The largest absolute Gasteiger partial charge is 0.497 e. The van der Waals surface area contributed by atoms with E-state index in [1.54, 1.807) is 49.6 Å². The van der Waals surface area contributed by atoms with Gasteiger partial charge in [0.25, 0.3) is 10.0 Å². The van der Waals surface area contributed by atoms with Gasteiger partial charge in [0, 0.05) is 0 Å². The van der Waals surface area contributed by atoms with E-state index >= 15 is 0 Å². The van der Waals surface area contributed by atoms with Crippen LogP contribution in [0.25, 0.3) is 0 Å². The summed E-state index contributed by atoms with van der Waals surface area (Å²) in [6.07, 6.45) is 0.648. The van der Waals surface area contributed by atoms with Crippen molar-refractivity contribution < 1.29 is 22.7 Å². The number of methoxy groups -OCH3 is 1.